The number of carbonyl (C=O) groups excluding carboxylic acids is 2. The van der Waals surface area contributed by atoms with Crippen molar-refractivity contribution in [3.8, 4) is 0 Å². The van der Waals surface area contributed by atoms with E-state index in [-0.39, 0.29) is 11.8 Å². The van der Waals surface area contributed by atoms with Crippen LogP contribution < -0.4 is 0 Å². The summed E-state index contributed by atoms with van der Waals surface area (Å²) in [6.07, 6.45) is 5.12. The maximum absolute atomic E-state index is 12.6. The molecule has 3 fully saturated rings. The first kappa shape index (κ1) is 19.3. The van der Waals surface area contributed by atoms with E-state index >= 15 is 0 Å². The van der Waals surface area contributed by atoms with Gasteiger partial charge in [-0.1, -0.05) is 6.07 Å². The SMILES string of the molecule is O=C(CN1CC[C@@H]2[C@@H](CCC(=O)N2CCc2ccccn2)C1)N1CCOCC1. The van der Waals surface area contributed by atoms with Gasteiger partial charge >= 0.3 is 0 Å². The third-order valence-corrected chi connectivity index (χ3v) is 6.29. The predicted octanol–water partition coefficient (Wildman–Crippen LogP) is 0.796. The summed E-state index contributed by atoms with van der Waals surface area (Å²) in [5.41, 5.74) is 1.03. The quantitative estimate of drug-likeness (QED) is 0.749. The molecule has 0 radical (unpaired) electrons. The number of carbonyl (C=O) groups is 2. The second-order valence-electron chi connectivity index (χ2n) is 8.04. The van der Waals surface area contributed by atoms with Crippen molar-refractivity contribution in [2.24, 2.45) is 5.92 Å². The van der Waals surface area contributed by atoms with Crippen LogP contribution in [0.5, 0.6) is 0 Å². The molecule has 152 valence electrons. The Morgan fingerprint density at radius 3 is 2.82 bits per heavy atom. The van der Waals surface area contributed by atoms with Gasteiger partial charge in [0.1, 0.15) is 0 Å². The molecule has 7 nitrogen and oxygen atoms in total. The van der Waals surface area contributed by atoms with Crippen LogP contribution in [0.1, 0.15) is 25.0 Å². The van der Waals surface area contributed by atoms with Crippen molar-refractivity contribution in [1.29, 1.82) is 0 Å². The highest BCUT2D eigenvalue weighted by Crippen LogP contribution is 2.31. The molecule has 0 N–H and O–H groups in total. The summed E-state index contributed by atoms with van der Waals surface area (Å²) in [5.74, 6) is 0.948. The van der Waals surface area contributed by atoms with Crippen LogP contribution in [0.15, 0.2) is 24.4 Å². The van der Waals surface area contributed by atoms with Gasteiger partial charge in [0, 0.05) is 63.5 Å². The minimum absolute atomic E-state index is 0.209. The molecule has 0 bridgehead atoms. The summed E-state index contributed by atoms with van der Waals surface area (Å²) in [7, 11) is 0. The van der Waals surface area contributed by atoms with Crippen molar-refractivity contribution in [3.05, 3.63) is 30.1 Å². The van der Waals surface area contributed by atoms with E-state index in [0.29, 0.717) is 51.2 Å². The molecule has 28 heavy (non-hydrogen) atoms. The summed E-state index contributed by atoms with van der Waals surface area (Å²) in [5, 5.41) is 0. The molecule has 4 heterocycles. The highest BCUT2D eigenvalue weighted by Gasteiger charge is 2.39. The summed E-state index contributed by atoms with van der Waals surface area (Å²) in [6.45, 7) is 5.71. The molecular weight excluding hydrogens is 356 g/mol. The second-order valence-corrected chi connectivity index (χ2v) is 8.04. The fraction of sp³-hybridized carbons (Fsp3) is 0.667. The Morgan fingerprint density at radius 1 is 1.18 bits per heavy atom. The Morgan fingerprint density at radius 2 is 2.04 bits per heavy atom. The molecule has 0 saturated carbocycles. The van der Waals surface area contributed by atoms with Crippen molar-refractivity contribution >= 4 is 11.8 Å². The maximum atomic E-state index is 12.6. The van der Waals surface area contributed by atoms with Gasteiger partial charge in [0.2, 0.25) is 11.8 Å². The third kappa shape index (κ3) is 4.52. The van der Waals surface area contributed by atoms with Crippen LogP contribution >= 0.6 is 0 Å². The van der Waals surface area contributed by atoms with Crippen molar-refractivity contribution in [2.45, 2.75) is 31.7 Å². The average Bonchev–Trinajstić information content (AvgIpc) is 2.74. The molecule has 3 aliphatic heterocycles. The summed E-state index contributed by atoms with van der Waals surface area (Å²) in [6, 6.07) is 6.23. The average molecular weight is 386 g/mol. The largest absolute Gasteiger partial charge is 0.378 e. The van der Waals surface area contributed by atoms with E-state index in [0.717, 1.165) is 44.6 Å². The number of nitrogens with zero attached hydrogens (tertiary/aromatic N) is 4. The summed E-state index contributed by atoms with van der Waals surface area (Å²) < 4.78 is 5.34. The second kappa shape index (κ2) is 9.01. The van der Waals surface area contributed by atoms with E-state index < -0.39 is 0 Å². The van der Waals surface area contributed by atoms with Crippen LogP contribution in [0.4, 0.5) is 0 Å². The molecule has 4 rings (SSSR count). The molecule has 0 spiro atoms. The molecule has 7 heteroatoms. The highest BCUT2D eigenvalue weighted by molar-refractivity contribution is 5.79. The van der Waals surface area contributed by atoms with E-state index in [9.17, 15) is 9.59 Å². The van der Waals surface area contributed by atoms with Crippen molar-refractivity contribution in [2.75, 3.05) is 52.5 Å². The van der Waals surface area contributed by atoms with Crippen LogP contribution in [0.2, 0.25) is 0 Å². The molecule has 3 saturated heterocycles. The number of aromatic nitrogens is 1. The molecule has 0 aliphatic carbocycles. The Labute approximate surface area is 166 Å². The van der Waals surface area contributed by atoms with Gasteiger partial charge in [-0.15, -0.1) is 0 Å². The molecular formula is C21H30N4O3. The number of morpholine rings is 1. The monoisotopic (exact) mass is 386 g/mol. The molecule has 3 aliphatic rings. The zero-order chi connectivity index (χ0) is 19.3. The number of fused-ring (bicyclic) bond motifs is 1. The highest BCUT2D eigenvalue weighted by atomic mass is 16.5. The van der Waals surface area contributed by atoms with Gasteiger partial charge in [-0.25, -0.2) is 0 Å². The zero-order valence-electron chi connectivity index (χ0n) is 16.5. The number of hydrogen-bond donors (Lipinski definition) is 0. The van der Waals surface area contributed by atoms with Gasteiger partial charge in [0.05, 0.1) is 19.8 Å². The predicted molar refractivity (Wildman–Crippen MR) is 105 cm³/mol. The van der Waals surface area contributed by atoms with Crippen LogP contribution in [-0.4, -0.2) is 90.0 Å². The molecule has 0 aromatic carbocycles. The Bertz CT molecular complexity index is 677. The van der Waals surface area contributed by atoms with Gasteiger partial charge in [0.15, 0.2) is 0 Å². The van der Waals surface area contributed by atoms with Crippen molar-refractivity contribution in [3.63, 3.8) is 0 Å². The maximum Gasteiger partial charge on any atom is 0.236 e. The first-order chi connectivity index (χ1) is 13.7. The minimum atomic E-state index is 0.209. The van der Waals surface area contributed by atoms with Crippen molar-refractivity contribution in [1.82, 2.24) is 19.7 Å². The van der Waals surface area contributed by atoms with Gasteiger partial charge < -0.3 is 14.5 Å². The number of piperidine rings is 2. The smallest absolute Gasteiger partial charge is 0.236 e. The number of amides is 2. The topological polar surface area (TPSA) is 66.0 Å². The fourth-order valence-corrected chi connectivity index (χ4v) is 4.75. The minimum Gasteiger partial charge on any atom is -0.378 e. The van der Waals surface area contributed by atoms with Crippen LogP contribution in [0.3, 0.4) is 0 Å². The normalized spacial score (nSPS) is 26.2. The first-order valence-corrected chi connectivity index (χ1v) is 10.5. The zero-order valence-corrected chi connectivity index (χ0v) is 16.5. The lowest BCUT2D eigenvalue weighted by molar-refractivity contribution is -0.143. The number of hydrogen-bond acceptors (Lipinski definition) is 5. The van der Waals surface area contributed by atoms with Crippen LogP contribution in [0, 0.1) is 5.92 Å². The fourth-order valence-electron chi connectivity index (χ4n) is 4.75. The molecule has 2 amide bonds. The molecule has 1 aromatic rings. The van der Waals surface area contributed by atoms with Crippen molar-refractivity contribution < 1.29 is 14.3 Å². The standard InChI is InChI=1S/C21H30N4O3/c26-20-5-4-17-15-23(16-21(27)24-11-13-28-14-12-24)9-7-19(17)25(20)10-6-18-3-1-2-8-22-18/h1-3,8,17,19H,4-7,9-16H2/t17-,19+/m0/s1. The summed E-state index contributed by atoms with van der Waals surface area (Å²) >= 11 is 0. The number of likely N-dealkylation sites (tertiary alicyclic amines) is 2. The first-order valence-electron chi connectivity index (χ1n) is 10.5. The third-order valence-electron chi connectivity index (χ3n) is 6.29. The van der Waals surface area contributed by atoms with Gasteiger partial charge in [-0.2, -0.15) is 0 Å². The lowest BCUT2D eigenvalue weighted by Gasteiger charge is -2.47. The lowest BCUT2D eigenvalue weighted by Crippen LogP contribution is -2.57. The van der Waals surface area contributed by atoms with E-state index in [4.69, 9.17) is 4.74 Å². The van der Waals surface area contributed by atoms with E-state index in [1.807, 2.05) is 23.1 Å². The lowest BCUT2D eigenvalue weighted by atomic mass is 9.83. The van der Waals surface area contributed by atoms with Gasteiger partial charge in [0.25, 0.3) is 0 Å². The van der Waals surface area contributed by atoms with Crippen LogP contribution in [0.25, 0.3) is 0 Å². The molecule has 1 aromatic heterocycles. The van der Waals surface area contributed by atoms with Gasteiger partial charge in [-0.05, 0) is 30.9 Å². The Hall–Kier alpha value is -1.99. The van der Waals surface area contributed by atoms with E-state index in [1.165, 1.54) is 0 Å². The molecule has 0 unspecified atom stereocenters. The van der Waals surface area contributed by atoms with Gasteiger partial charge in [-0.3, -0.25) is 19.5 Å². The van der Waals surface area contributed by atoms with Crippen LogP contribution in [-0.2, 0) is 20.7 Å². The summed E-state index contributed by atoms with van der Waals surface area (Å²) in [4.78, 5) is 35.8. The Balaban J connectivity index is 1.31. The van der Waals surface area contributed by atoms with E-state index in [2.05, 4.69) is 14.8 Å². The molecule has 2 atom stereocenters. The Kier molecular flexibility index (Phi) is 6.22. The number of rotatable bonds is 5. The van der Waals surface area contributed by atoms with E-state index in [1.54, 1.807) is 6.20 Å². The number of ether oxygens (including phenoxy) is 1. The number of pyridine rings is 1.